The quantitative estimate of drug-likeness (QED) is 0.170. The lowest BCUT2D eigenvalue weighted by Gasteiger charge is -2.29. The van der Waals surface area contributed by atoms with Crippen LogP contribution in [0.1, 0.15) is 72.1 Å². The van der Waals surface area contributed by atoms with E-state index < -0.39 is 17.6 Å². The van der Waals surface area contributed by atoms with E-state index in [4.69, 9.17) is 9.47 Å². The highest BCUT2D eigenvalue weighted by Gasteiger charge is 2.57. The van der Waals surface area contributed by atoms with Crippen molar-refractivity contribution in [1.82, 2.24) is 0 Å². The molecule has 0 saturated heterocycles. The number of carbonyl (C=O) groups is 1. The number of rotatable bonds is 13. The van der Waals surface area contributed by atoms with Gasteiger partial charge in [-0.15, -0.1) is 0 Å². The van der Waals surface area contributed by atoms with Gasteiger partial charge in [0.2, 0.25) is 0 Å². The third-order valence-electron chi connectivity index (χ3n) is 5.85. The number of unbranched alkanes of at least 4 members (excludes halogenated alkanes) is 5. The van der Waals surface area contributed by atoms with Crippen molar-refractivity contribution in [2.45, 2.75) is 78.3 Å². The van der Waals surface area contributed by atoms with Gasteiger partial charge in [0.1, 0.15) is 11.5 Å². The summed E-state index contributed by atoms with van der Waals surface area (Å²) >= 11 is 0. The summed E-state index contributed by atoms with van der Waals surface area (Å²) in [5.74, 6) is -0.383. The van der Waals surface area contributed by atoms with Crippen LogP contribution in [0.15, 0.2) is 48.5 Å². The van der Waals surface area contributed by atoms with Gasteiger partial charge in [0, 0.05) is 0 Å². The molecule has 1 atom stereocenters. The van der Waals surface area contributed by atoms with Gasteiger partial charge in [-0.1, -0.05) is 76.6 Å². The van der Waals surface area contributed by atoms with Gasteiger partial charge in [-0.25, -0.2) is 0 Å². The highest BCUT2D eigenvalue weighted by molar-refractivity contribution is 5.80. The number of hydrogen-bond acceptors (Lipinski definition) is 3. The van der Waals surface area contributed by atoms with E-state index in [9.17, 15) is 18.0 Å². The van der Waals surface area contributed by atoms with Crippen LogP contribution in [0.25, 0.3) is 11.1 Å². The predicted octanol–water partition coefficient (Wildman–Crippen LogP) is 8.37. The van der Waals surface area contributed by atoms with Crippen molar-refractivity contribution in [3.05, 3.63) is 48.5 Å². The third-order valence-corrected chi connectivity index (χ3v) is 5.85. The molecule has 2 aromatic rings. The molecule has 0 aliphatic heterocycles. The van der Waals surface area contributed by atoms with Crippen molar-refractivity contribution in [3.63, 3.8) is 0 Å². The van der Waals surface area contributed by atoms with E-state index in [1.165, 1.54) is 44.2 Å². The largest absolute Gasteiger partial charge is 0.494 e. The van der Waals surface area contributed by atoms with Gasteiger partial charge >= 0.3 is 12.1 Å². The maximum absolute atomic E-state index is 13.4. The molecule has 0 amide bonds. The lowest BCUT2D eigenvalue weighted by atomic mass is 9.85. The Kier molecular flexibility index (Phi) is 10.3. The summed E-state index contributed by atoms with van der Waals surface area (Å²) in [7, 11) is 0. The van der Waals surface area contributed by atoms with Crippen LogP contribution in [0.4, 0.5) is 13.2 Å². The van der Waals surface area contributed by atoms with Gasteiger partial charge < -0.3 is 9.47 Å². The number of halogens is 3. The maximum Gasteiger partial charge on any atom is 0.404 e. The summed E-state index contributed by atoms with van der Waals surface area (Å²) < 4.78 is 51.1. The normalized spacial score (nSPS) is 13.4. The van der Waals surface area contributed by atoms with Gasteiger partial charge in [0.25, 0.3) is 0 Å². The molecular formula is C27H35F3O3. The van der Waals surface area contributed by atoms with Crippen LogP contribution in [0.2, 0.25) is 0 Å². The molecule has 0 spiro atoms. The third kappa shape index (κ3) is 7.79. The van der Waals surface area contributed by atoms with Crippen LogP contribution >= 0.6 is 0 Å². The number of alkyl halides is 3. The minimum atomic E-state index is -4.67. The molecule has 182 valence electrons. The van der Waals surface area contributed by atoms with Crippen molar-refractivity contribution < 1.29 is 27.4 Å². The number of hydrogen-bond donors (Lipinski definition) is 0. The van der Waals surface area contributed by atoms with Crippen LogP contribution in [0.5, 0.6) is 11.5 Å². The van der Waals surface area contributed by atoms with Crippen molar-refractivity contribution in [2.75, 3.05) is 6.61 Å². The zero-order valence-corrected chi connectivity index (χ0v) is 19.8. The fraction of sp³-hybridized carbons (Fsp3) is 0.519. The number of esters is 1. The Bertz CT molecular complexity index is 844. The molecule has 1 unspecified atom stereocenters. The molecule has 0 N–H and O–H groups in total. The van der Waals surface area contributed by atoms with Crippen LogP contribution < -0.4 is 9.47 Å². The molecular weight excluding hydrogens is 429 g/mol. The van der Waals surface area contributed by atoms with Crippen molar-refractivity contribution >= 4 is 5.97 Å². The standard InChI is InChI=1S/C27H35F3O3/c1-4-6-7-8-9-10-20-32-23-15-11-21(12-16-23)22-13-17-24(18-14-22)33-25(31)26(3,19-5-2)27(28,29)30/h11-18H,4-10,19-20H2,1-3H3. The molecule has 0 aromatic heterocycles. The van der Waals surface area contributed by atoms with Gasteiger partial charge in [0.15, 0.2) is 5.41 Å². The molecule has 6 heteroatoms. The second-order valence-corrected chi connectivity index (χ2v) is 8.63. The van der Waals surface area contributed by atoms with Gasteiger partial charge in [-0.05, 0) is 55.2 Å². The first-order chi connectivity index (χ1) is 15.7. The first-order valence-electron chi connectivity index (χ1n) is 11.8. The lowest BCUT2D eigenvalue weighted by Crippen LogP contribution is -2.44. The summed E-state index contributed by atoms with van der Waals surface area (Å²) in [4.78, 5) is 12.3. The number of ether oxygens (including phenoxy) is 2. The molecule has 3 nitrogen and oxygen atoms in total. The molecule has 0 bridgehead atoms. The number of carbonyl (C=O) groups excluding carboxylic acids is 1. The highest BCUT2D eigenvalue weighted by atomic mass is 19.4. The van der Waals surface area contributed by atoms with Crippen molar-refractivity contribution in [1.29, 1.82) is 0 Å². The Morgan fingerprint density at radius 3 is 1.79 bits per heavy atom. The zero-order chi connectivity index (χ0) is 24.3. The minimum Gasteiger partial charge on any atom is -0.494 e. The van der Waals surface area contributed by atoms with E-state index in [1.807, 2.05) is 24.3 Å². The van der Waals surface area contributed by atoms with Crippen molar-refractivity contribution in [2.24, 2.45) is 5.41 Å². The van der Waals surface area contributed by atoms with Gasteiger partial charge in [0.05, 0.1) is 6.61 Å². The van der Waals surface area contributed by atoms with E-state index in [2.05, 4.69) is 6.92 Å². The SMILES string of the molecule is CCCCCCCCOc1ccc(-c2ccc(OC(=O)C(C)(CCC)C(F)(F)F)cc2)cc1. The molecule has 0 saturated carbocycles. The summed E-state index contributed by atoms with van der Waals surface area (Å²) in [5, 5.41) is 0. The van der Waals surface area contributed by atoms with Gasteiger partial charge in [-0.2, -0.15) is 13.2 Å². The van der Waals surface area contributed by atoms with E-state index >= 15 is 0 Å². The molecule has 33 heavy (non-hydrogen) atoms. The van der Waals surface area contributed by atoms with Crippen LogP contribution in [0.3, 0.4) is 0 Å². The first kappa shape index (κ1) is 26.7. The topological polar surface area (TPSA) is 35.5 Å². The van der Waals surface area contributed by atoms with E-state index in [1.54, 1.807) is 19.1 Å². The zero-order valence-electron chi connectivity index (χ0n) is 19.8. The molecule has 0 aliphatic rings. The highest BCUT2D eigenvalue weighted by Crippen LogP contribution is 2.43. The molecule has 2 aromatic carbocycles. The summed E-state index contributed by atoms with van der Waals surface area (Å²) in [6.07, 6.45) is 2.51. The molecule has 0 aliphatic carbocycles. The summed E-state index contributed by atoms with van der Waals surface area (Å²) in [6.45, 7) is 5.40. The molecule has 2 rings (SSSR count). The average Bonchev–Trinajstić information content (AvgIpc) is 2.79. The summed E-state index contributed by atoms with van der Waals surface area (Å²) in [6, 6.07) is 14.1. The van der Waals surface area contributed by atoms with Crippen LogP contribution in [-0.4, -0.2) is 18.8 Å². The Morgan fingerprint density at radius 2 is 1.27 bits per heavy atom. The van der Waals surface area contributed by atoms with Crippen LogP contribution in [0, 0.1) is 5.41 Å². The smallest absolute Gasteiger partial charge is 0.404 e. The fourth-order valence-corrected chi connectivity index (χ4v) is 3.61. The monoisotopic (exact) mass is 464 g/mol. The Labute approximate surface area is 195 Å². The number of benzene rings is 2. The molecule has 0 radical (unpaired) electrons. The lowest BCUT2D eigenvalue weighted by molar-refractivity contribution is -0.226. The van der Waals surface area contributed by atoms with Gasteiger partial charge in [-0.3, -0.25) is 4.79 Å². The van der Waals surface area contributed by atoms with E-state index in [0.717, 1.165) is 30.2 Å². The average molecular weight is 465 g/mol. The second kappa shape index (κ2) is 12.7. The second-order valence-electron chi connectivity index (χ2n) is 8.63. The van der Waals surface area contributed by atoms with Crippen molar-refractivity contribution in [3.8, 4) is 22.6 Å². The predicted molar refractivity (Wildman–Crippen MR) is 125 cm³/mol. The minimum absolute atomic E-state index is 0.0919. The Balaban J connectivity index is 1.91. The Hall–Kier alpha value is -2.50. The van der Waals surface area contributed by atoms with E-state index in [-0.39, 0.29) is 18.6 Å². The maximum atomic E-state index is 13.4. The van der Waals surface area contributed by atoms with E-state index in [0.29, 0.717) is 6.61 Å². The first-order valence-corrected chi connectivity index (χ1v) is 11.8. The van der Waals surface area contributed by atoms with Crippen LogP contribution in [-0.2, 0) is 4.79 Å². The fourth-order valence-electron chi connectivity index (χ4n) is 3.61. The Morgan fingerprint density at radius 1 is 0.758 bits per heavy atom. The molecule has 0 heterocycles. The summed E-state index contributed by atoms with van der Waals surface area (Å²) in [5.41, 5.74) is -0.721. The molecule has 0 fully saturated rings.